The number of benzene rings is 1. The number of thioether (sulfide) groups is 1. The van der Waals surface area contributed by atoms with Gasteiger partial charge in [0.2, 0.25) is 0 Å². The maximum atomic E-state index is 12.1. The zero-order chi connectivity index (χ0) is 14.9. The summed E-state index contributed by atoms with van der Waals surface area (Å²) in [7, 11) is 4.81. The molecule has 0 atom stereocenters. The van der Waals surface area contributed by atoms with Gasteiger partial charge in [0.15, 0.2) is 16.7 Å². The first-order valence-electron chi connectivity index (χ1n) is 5.68. The maximum Gasteiger partial charge on any atom is 0.266 e. The Bertz CT molecular complexity index is 628. The molecule has 1 heterocycles. The average Bonchev–Trinajstić information content (AvgIpc) is 2.70. The topological polar surface area (TPSA) is 62.1 Å². The van der Waals surface area contributed by atoms with Gasteiger partial charge < -0.3 is 9.84 Å². The molecule has 1 aromatic rings. The lowest BCUT2D eigenvalue weighted by molar-refractivity contribution is -0.121. The first kappa shape index (κ1) is 15.2. The first-order valence-corrected chi connectivity index (χ1v) is 7.58. The Balaban J connectivity index is 2.47. The smallest absolute Gasteiger partial charge is 0.266 e. The number of hydrogen-bond acceptors (Lipinski definition) is 5. The van der Waals surface area contributed by atoms with Crippen molar-refractivity contribution in [2.24, 2.45) is 4.99 Å². The predicted molar refractivity (Wildman–Crippen MR) is 89.1 cm³/mol. The molecule has 1 saturated heterocycles. The van der Waals surface area contributed by atoms with Crippen LogP contribution in [0.3, 0.4) is 0 Å². The van der Waals surface area contributed by atoms with Crippen molar-refractivity contribution in [1.29, 1.82) is 0 Å². The summed E-state index contributed by atoms with van der Waals surface area (Å²) in [4.78, 5) is 18.1. The third kappa shape index (κ3) is 2.78. The van der Waals surface area contributed by atoms with Crippen LogP contribution in [0.25, 0.3) is 6.08 Å². The van der Waals surface area contributed by atoms with Gasteiger partial charge in [-0.1, -0.05) is 0 Å². The van der Waals surface area contributed by atoms with Crippen molar-refractivity contribution in [3.05, 3.63) is 26.2 Å². The summed E-state index contributed by atoms with van der Waals surface area (Å²) >= 11 is 3.42. The number of halogens is 1. The highest BCUT2D eigenvalue weighted by atomic mass is 127. The molecule has 1 N–H and O–H groups in total. The third-order valence-electron chi connectivity index (χ3n) is 2.77. The molecule has 1 aliphatic rings. The van der Waals surface area contributed by atoms with Gasteiger partial charge in [0.05, 0.1) is 12.0 Å². The molecule has 1 fully saturated rings. The van der Waals surface area contributed by atoms with Crippen LogP contribution in [0.4, 0.5) is 0 Å². The van der Waals surface area contributed by atoms with Crippen molar-refractivity contribution in [2.45, 2.75) is 0 Å². The van der Waals surface area contributed by atoms with Gasteiger partial charge in [-0.3, -0.25) is 14.7 Å². The molecule has 1 aromatic carbocycles. The van der Waals surface area contributed by atoms with Crippen LogP contribution in [-0.2, 0) is 4.79 Å². The molecule has 7 heteroatoms. The van der Waals surface area contributed by atoms with Crippen LogP contribution >= 0.6 is 34.4 Å². The van der Waals surface area contributed by atoms with Crippen LogP contribution in [-0.4, -0.2) is 42.3 Å². The van der Waals surface area contributed by atoms with Crippen LogP contribution in [0, 0.1) is 3.57 Å². The molecular weight excluding hydrogens is 391 g/mol. The van der Waals surface area contributed by atoms with Crippen molar-refractivity contribution in [3.8, 4) is 11.5 Å². The second-order valence-electron chi connectivity index (χ2n) is 4.03. The van der Waals surface area contributed by atoms with E-state index in [0.717, 1.165) is 3.57 Å². The summed E-state index contributed by atoms with van der Waals surface area (Å²) in [6, 6.07) is 3.52. The first-order chi connectivity index (χ1) is 9.47. The van der Waals surface area contributed by atoms with E-state index in [1.165, 1.54) is 23.8 Å². The second-order valence-corrected chi connectivity index (χ2v) is 6.28. The molecule has 2 rings (SSSR count). The number of ether oxygens (including phenoxy) is 1. The van der Waals surface area contributed by atoms with Gasteiger partial charge >= 0.3 is 0 Å². The van der Waals surface area contributed by atoms with Gasteiger partial charge in [-0.2, -0.15) is 0 Å². The van der Waals surface area contributed by atoms with Gasteiger partial charge in [-0.05, 0) is 52.6 Å². The van der Waals surface area contributed by atoms with Crippen LogP contribution in [0.15, 0.2) is 22.0 Å². The Morgan fingerprint density at radius 1 is 1.50 bits per heavy atom. The Hall–Kier alpha value is -1.22. The lowest BCUT2D eigenvalue weighted by Crippen LogP contribution is -2.23. The standard InChI is InChI=1S/C13H13IN2O3S/c1-15-13-16(2)12(18)10(20-13)5-7-4-8(14)6-9(19-3)11(7)17/h4-6,17H,1-3H3. The van der Waals surface area contributed by atoms with Crippen molar-refractivity contribution >= 4 is 51.5 Å². The number of methoxy groups -OCH3 is 1. The number of nitrogens with zero attached hydrogens (tertiary/aromatic N) is 2. The highest BCUT2D eigenvalue weighted by Gasteiger charge is 2.30. The molecule has 5 nitrogen and oxygen atoms in total. The number of phenolic OH excluding ortho intramolecular Hbond substituents is 1. The van der Waals surface area contributed by atoms with Crippen LogP contribution < -0.4 is 4.74 Å². The highest BCUT2D eigenvalue weighted by Crippen LogP contribution is 2.37. The SMILES string of the molecule is CN=C1SC(=Cc2cc(I)cc(OC)c2O)C(=O)N1C. The Morgan fingerprint density at radius 2 is 2.20 bits per heavy atom. The van der Waals surface area contributed by atoms with E-state index in [2.05, 4.69) is 27.6 Å². The van der Waals surface area contributed by atoms with Crippen molar-refractivity contribution in [1.82, 2.24) is 4.90 Å². The molecule has 1 aliphatic heterocycles. The summed E-state index contributed by atoms with van der Waals surface area (Å²) in [5, 5.41) is 10.7. The van der Waals surface area contributed by atoms with Gasteiger partial charge in [-0.25, -0.2) is 0 Å². The largest absolute Gasteiger partial charge is 0.504 e. The van der Waals surface area contributed by atoms with Crippen LogP contribution in [0.2, 0.25) is 0 Å². The molecule has 0 unspecified atom stereocenters. The number of aliphatic imine (C=N–C) groups is 1. The quantitative estimate of drug-likeness (QED) is 0.608. The summed E-state index contributed by atoms with van der Waals surface area (Å²) in [6.45, 7) is 0. The second kappa shape index (κ2) is 6.04. The van der Waals surface area contributed by atoms with Crippen LogP contribution in [0.5, 0.6) is 11.5 Å². The minimum absolute atomic E-state index is 0.0263. The number of amides is 1. The van der Waals surface area contributed by atoms with E-state index in [-0.39, 0.29) is 11.7 Å². The lowest BCUT2D eigenvalue weighted by Gasteiger charge is -2.07. The molecule has 0 spiro atoms. The Labute approximate surface area is 134 Å². The molecule has 0 radical (unpaired) electrons. The fourth-order valence-electron chi connectivity index (χ4n) is 1.75. The van der Waals surface area contributed by atoms with E-state index in [1.807, 2.05) is 0 Å². The number of carbonyl (C=O) groups is 1. The molecule has 106 valence electrons. The molecule has 0 bridgehead atoms. The lowest BCUT2D eigenvalue weighted by atomic mass is 10.1. The number of amidine groups is 1. The Kier molecular flexibility index (Phi) is 4.59. The number of likely N-dealkylation sites (N-methyl/N-ethyl adjacent to an activating group) is 1. The fourth-order valence-corrected chi connectivity index (χ4v) is 3.29. The minimum Gasteiger partial charge on any atom is -0.504 e. The number of carbonyl (C=O) groups excluding carboxylic acids is 1. The normalized spacial score (nSPS) is 19.2. The van der Waals surface area contributed by atoms with Crippen molar-refractivity contribution in [3.63, 3.8) is 0 Å². The van der Waals surface area contributed by atoms with Crippen molar-refractivity contribution < 1.29 is 14.6 Å². The van der Waals surface area contributed by atoms with E-state index >= 15 is 0 Å². The van der Waals surface area contributed by atoms with E-state index in [4.69, 9.17) is 4.74 Å². The van der Waals surface area contributed by atoms with Crippen LogP contribution in [0.1, 0.15) is 5.56 Å². The number of rotatable bonds is 2. The van der Waals surface area contributed by atoms with E-state index in [0.29, 0.717) is 21.4 Å². The zero-order valence-electron chi connectivity index (χ0n) is 11.2. The molecule has 20 heavy (non-hydrogen) atoms. The molecule has 0 aromatic heterocycles. The van der Waals surface area contributed by atoms with Gasteiger partial charge in [0.25, 0.3) is 5.91 Å². The van der Waals surface area contributed by atoms with E-state index < -0.39 is 0 Å². The van der Waals surface area contributed by atoms with E-state index in [9.17, 15) is 9.90 Å². The van der Waals surface area contributed by atoms with Gasteiger partial charge in [0.1, 0.15) is 0 Å². The van der Waals surface area contributed by atoms with Crippen molar-refractivity contribution in [2.75, 3.05) is 21.2 Å². The summed E-state index contributed by atoms with van der Waals surface area (Å²) < 4.78 is 6.03. The minimum atomic E-state index is -0.132. The van der Waals surface area contributed by atoms with E-state index in [1.54, 1.807) is 32.3 Å². The fraction of sp³-hybridized carbons (Fsp3) is 0.231. The number of phenols is 1. The molecular formula is C13H13IN2O3S. The predicted octanol–water partition coefficient (Wildman–Crippen LogP) is 2.54. The molecule has 1 amide bonds. The van der Waals surface area contributed by atoms with Gasteiger partial charge in [0, 0.05) is 23.2 Å². The summed E-state index contributed by atoms with van der Waals surface area (Å²) in [5.41, 5.74) is 0.551. The van der Waals surface area contributed by atoms with Gasteiger partial charge in [-0.15, -0.1) is 0 Å². The zero-order valence-corrected chi connectivity index (χ0v) is 14.2. The highest BCUT2D eigenvalue weighted by molar-refractivity contribution is 14.1. The third-order valence-corrected chi connectivity index (χ3v) is 4.54. The summed E-state index contributed by atoms with van der Waals surface area (Å²) in [5.74, 6) is 0.281. The number of aromatic hydroxyl groups is 1. The molecule has 0 saturated carbocycles. The summed E-state index contributed by atoms with van der Waals surface area (Å²) in [6.07, 6.45) is 1.65. The number of hydrogen-bond donors (Lipinski definition) is 1. The Morgan fingerprint density at radius 3 is 2.75 bits per heavy atom. The monoisotopic (exact) mass is 404 g/mol. The maximum absolute atomic E-state index is 12.1. The molecule has 0 aliphatic carbocycles. The average molecular weight is 404 g/mol.